The lowest BCUT2D eigenvalue weighted by Gasteiger charge is -2.06. The summed E-state index contributed by atoms with van der Waals surface area (Å²) in [6.07, 6.45) is 1.56. The highest BCUT2D eigenvalue weighted by atomic mass is 32.2. The van der Waals surface area contributed by atoms with Crippen LogP contribution in [0, 0.1) is 0 Å². The Bertz CT molecular complexity index is 957. The van der Waals surface area contributed by atoms with Gasteiger partial charge in [-0.15, -0.1) is 11.8 Å². The minimum absolute atomic E-state index is 0.159. The first-order valence-corrected chi connectivity index (χ1v) is 9.21. The van der Waals surface area contributed by atoms with Gasteiger partial charge in [-0.05, 0) is 30.0 Å². The molecule has 1 aromatic carbocycles. The van der Waals surface area contributed by atoms with Crippen molar-refractivity contribution in [1.29, 1.82) is 0 Å². The summed E-state index contributed by atoms with van der Waals surface area (Å²) in [5.74, 6) is 1.15. The molecule has 0 aliphatic rings. The summed E-state index contributed by atoms with van der Waals surface area (Å²) in [4.78, 5) is 8.64. The first kappa shape index (κ1) is 17.7. The summed E-state index contributed by atoms with van der Waals surface area (Å²) < 4.78 is 55.0. The topological polar surface area (TPSA) is 82.0 Å². The van der Waals surface area contributed by atoms with Crippen molar-refractivity contribution in [2.24, 2.45) is 0 Å². The number of hydrogen-bond acceptors (Lipinski definition) is 6. The normalized spacial score (nSPS) is 13.3. The monoisotopic (exact) mass is 387 g/mol. The van der Waals surface area contributed by atoms with Gasteiger partial charge in [0.25, 0.3) is 0 Å². The maximum atomic E-state index is 12.6. The lowest BCUT2D eigenvalue weighted by molar-refractivity contribution is -0.0384. The molecule has 0 amide bonds. The standard InChI is InChI=1S/C15H12F3N3O2S2/c1-2-24-11-5-6-20-13(19)12(11)14-21-9-7-8(3-4-10(9)23-14)25(22)15(16,17)18/h3-7H,2H2,1H3,(H2,19,20). The van der Waals surface area contributed by atoms with E-state index in [0.717, 1.165) is 22.8 Å². The third kappa shape index (κ3) is 3.49. The van der Waals surface area contributed by atoms with Crippen LogP contribution in [0.4, 0.5) is 19.0 Å². The number of oxazole rings is 1. The molecule has 5 nitrogen and oxygen atoms in total. The molecule has 3 aromatic rings. The van der Waals surface area contributed by atoms with E-state index in [4.69, 9.17) is 10.2 Å². The molecule has 1 unspecified atom stereocenters. The molecule has 1 atom stereocenters. The first-order valence-electron chi connectivity index (χ1n) is 7.08. The van der Waals surface area contributed by atoms with Gasteiger partial charge in [0.1, 0.15) is 11.3 Å². The van der Waals surface area contributed by atoms with E-state index in [0.29, 0.717) is 5.56 Å². The zero-order chi connectivity index (χ0) is 18.2. The number of nitrogen functional groups attached to an aromatic ring is 1. The van der Waals surface area contributed by atoms with Gasteiger partial charge < -0.3 is 10.2 Å². The molecule has 2 heterocycles. The Balaban J connectivity index is 2.10. The van der Waals surface area contributed by atoms with Gasteiger partial charge in [-0.2, -0.15) is 13.2 Å². The van der Waals surface area contributed by atoms with Crippen LogP contribution in [-0.2, 0) is 10.8 Å². The maximum absolute atomic E-state index is 12.6. The van der Waals surface area contributed by atoms with E-state index in [2.05, 4.69) is 9.97 Å². The largest absolute Gasteiger partial charge is 0.475 e. The summed E-state index contributed by atoms with van der Waals surface area (Å²) in [7, 11) is -3.13. The molecule has 2 N–H and O–H groups in total. The smallest absolute Gasteiger partial charge is 0.436 e. The third-order valence-electron chi connectivity index (χ3n) is 3.24. The van der Waals surface area contributed by atoms with Crippen LogP contribution in [0.25, 0.3) is 22.6 Å². The Kier molecular flexibility index (Phi) is 4.74. The Morgan fingerprint density at radius 3 is 2.76 bits per heavy atom. The van der Waals surface area contributed by atoms with Crippen LogP contribution in [0.5, 0.6) is 0 Å². The van der Waals surface area contributed by atoms with E-state index >= 15 is 0 Å². The van der Waals surface area contributed by atoms with Crippen molar-refractivity contribution >= 4 is 39.5 Å². The third-order valence-corrected chi connectivity index (χ3v) is 5.28. The summed E-state index contributed by atoms with van der Waals surface area (Å²) in [5, 5.41) is 0. The number of rotatable bonds is 4. The number of benzene rings is 1. The summed E-state index contributed by atoms with van der Waals surface area (Å²) in [6, 6.07) is 5.28. The number of fused-ring (bicyclic) bond motifs is 1. The molecular formula is C15H12F3N3O2S2. The number of alkyl halides is 3. The highest BCUT2D eigenvalue weighted by molar-refractivity contribution is 7.99. The minimum Gasteiger partial charge on any atom is -0.436 e. The van der Waals surface area contributed by atoms with Gasteiger partial charge in [-0.1, -0.05) is 6.92 Å². The average molecular weight is 387 g/mol. The number of halogens is 3. The summed E-state index contributed by atoms with van der Waals surface area (Å²) in [5.41, 5.74) is 2.01. The fourth-order valence-corrected chi connectivity index (χ4v) is 3.70. The number of nitrogens with zero attached hydrogens (tertiary/aromatic N) is 2. The van der Waals surface area contributed by atoms with E-state index in [1.165, 1.54) is 17.8 Å². The van der Waals surface area contributed by atoms with E-state index in [1.54, 1.807) is 12.3 Å². The predicted molar refractivity (Wildman–Crippen MR) is 90.5 cm³/mol. The molecule has 2 aromatic heterocycles. The molecule has 132 valence electrons. The molecule has 0 aliphatic heterocycles. The molecule has 0 fully saturated rings. The first-order chi connectivity index (χ1) is 11.8. The second-order valence-corrected chi connectivity index (χ2v) is 7.64. The van der Waals surface area contributed by atoms with Gasteiger partial charge >= 0.3 is 5.51 Å². The molecule has 0 bridgehead atoms. The van der Waals surface area contributed by atoms with E-state index in [1.807, 2.05) is 6.92 Å². The number of thioether (sulfide) groups is 1. The van der Waals surface area contributed by atoms with Crippen molar-refractivity contribution in [2.75, 3.05) is 11.5 Å². The molecule has 10 heteroatoms. The van der Waals surface area contributed by atoms with Gasteiger partial charge in [0.2, 0.25) is 5.89 Å². The van der Waals surface area contributed by atoms with Crippen LogP contribution < -0.4 is 5.73 Å². The van der Waals surface area contributed by atoms with E-state index in [-0.39, 0.29) is 27.7 Å². The Morgan fingerprint density at radius 2 is 2.08 bits per heavy atom. The average Bonchev–Trinajstić information content (AvgIpc) is 2.96. The van der Waals surface area contributed by atoms with Crippen molar-refractivity contribution in [3.05, 3.63) is 30.5 Å². The quantitative estimate of drug-likeness (QED) is 0.676. The molecule has 0 spiro atoms. The van der Waals surface area contributed by atoms with Crippen LogP contribution >= 0.6 is 11.8 Å². The number of nitrogens with two attached hydrogens (primary N) is 1. The summed E-state index contributed by atoms with van der Waals surface area (Å²) in [6.45, 7) is 1.97. The van der Waals surface area contributed by atoms with Gasteiger partial charge in [0.15, 0.2) is 16.4 Å². The minimum atomic E-state index is -4.83. The number of aromatic nitrogens is 2. The Morgan fingerprint density at radius 1 is 1.32 bits per heavy atom. The van der Waals surface area contributed by atoms with E-state index in [9.17, 15) is 17.4 Å². The lowest BCUT2D eigenvalue weighted by atomic mass is 10.2. The van der Waals surface area contributed by atoms with Crippen molar-refractivity contribution in [1.82, 2.24) is 9.97 Å². The maximum Gasteiger partial charge on any atom is 0.475 e. The van der Waals surface area contributed by atoms with Crippen molar-refractivity contribution < 1.29 is 21.8 Å². The van der Waals surface area contributed by atoms with Crippen LogP contribution in [0.2, 0.25) is 0 Å². The lowest BCUT2D eigenvalue weighted by Crippen LogP contribution is -2.16. The Labute approximate surface area is 147 Å². The fraction of sp³-hybridized carbons (Fsp3) is 0.200. The van der Waals surface area contributed by atoms with E-state index < -0.39 is 16.3 Å². The highest BCUT2D eigenvalue weighted by Gasteiger charge is 2.38. The molecule has 3 rings (SSSR count). The molecule has 0 saturated heterocycles. The van der Waals surface area contributed by atoms with Crippen LogP contribution in [0.3, 0.4) is 0 Å². The predicted octanol–water partition coefficient (Wildman–Crippen LogP) is 4.21. The number of pyridine rings is 1. The second kappa shape index (κ2) is 6.68. The zero-order valence-electron chi connectivity index (χ0n) is 12.8. The Hall–Kier alpha value is -2.07. The van der Waals surface area contributed by atoms with Crippen molar-refractivity contribution in [3.8, 4) is 11.5 Å². The van der Waals surface area contributed by atoms with Crippen LogP contribution in [0.15, 0.2) is 44.7 Å². The van der Waals surface area contributed by atoms with Gasteiger partial charge in [0.05, 0.1) is 10.5 Å². The molecule has 0 aliphatic carbocycles. The van der Waals surface area contributed by atoms with Crippen molar-refractivity contribution in [2.45, 2.75) is 22.2 Å². The number of hydrogen-bond donors (Lipinski definition) is 1. The van der Waals surface area contributed by atoms with Crippen molar-refractivity contribution in [3.63, 3.8) is 0 Å². The molecule has 0 radical (unpaired) electrons. The van der Waals surface area contributed by atoms with Gasteiger partial charge in [0, 0.05) is 11.1 Å². The summed E-state index contributed by atoms with van der Waals surface area (Å²) >= 11 is 1.51. The van der Waals surface area contributed by atoms with Gasteiger partial charge in [-0.3, -0.25) is 0 Å². The molecule has 0 saturated carbocycles. The zero-order valence-corrected chi connectivity index (χ0v) is 14.5. The molecular weight excluding hydrogens is 375 g/mol. The SMILES string of the molecule is CCSc1ccnc(N)c1-c1nc2cc(S(=O)C(F)(F)F)ccc2o1. The highest BCUT2D eigenvalue weighted by Crippen LogP contribution is 2.36. The fourth-order valence-electron chi connectivity index (χ4n) is 2.21. The molecule has 25 heavy (non-hydrogen) atoms. The van der Waals surface area contributed by atoms with Crippen LogP contribution in [-0.4, -0.2) is 25.4 Å². The second-order valence-electron chi connectivity index (χ2n) is 4.87. The van der Waals surface area contributed by atoms with Crippen LogP contribution in [0.1, 0.15) is 6.92 Å². The van der Waals surface area contributed by atoms with Gasteiger partial charge in [-0.25, -0.2) is 14.2 Å². The number of anilines is 1.